The second-order valence-corrected chi connectivity index (χ2v) is 6.22. The van der Waals surface area contributed by atoms with Crippen molar-refractivity contribution in [2.75, 3.05) is 13.1 Å². The fraction of sp³-hybridized carbons (Fsp3) is 0.600. The average molecular weight is 312 g/mol. The van der Waals surface area contributed by atoms with Crippen molar-refractivity contribution in [3.8, 4) is 0 Å². The zero-order valence-corrected chi connectivity index (χ0v) is 13.3. The van der Waals surface area contributed by atoms with Gasteiger partial charge in [0.2, 0.25) is 0 Å². The van der Waals surface area contributed by atoms with Crippen LogP contribution in [0.4, 0.5) is 5.69 Å². The molecule has 0 spiro atoms. The molecule has 0 radical (unpaired) electrons. The molecular weight excluding hydrogens is 290 g/mol. The second kappa shape index (κ2) is 7.20. The van der Waals surface area contributed by atoms with Crippen molar-refractivity contribution in [3.05, 3.63) is 38.9 Å². The van der Waals surface area contributed by atoms with Gasteiger partial charge in [-0.1, -0.05) is 17.7 Å². The Balaban J connectivity index is 2.18. The molecular formula is C15H22ClN3O2. The highest BCUT2D eigenvalue weighted by molar-refractivity contribution is 6.31. The summed E-state index contributed by atoms with van der Waals surface area (Å²) in [5.41, 5.74) is 0.711. The third kappa shape index (κ3) is 4.15. The fourth-order valence-electron chi connectivity index (χ4n) is 2.73. The molecule has 116 valence electrons. The minimum atomic E-state index is -0.354. The van der Waals surface area contributed by atoms with E-state index in [2.05, 4.69) is 24.1 Å². The Labute approximate surface area is 130 Å². The third-order valence-corrected chi connectivity index (χ3v) is 4.35. The molecule has 21 heavy (non-hydrogen) atoms. The Morgan fingerprint density at radius 3 is 2.86 bits per heavy atom. The van der Waals surface area contributed by atoms with E-state index >= 15 is 0 Å². The number of halogens is 1. The highest BCUT2D eigenvalue weighted by Gasteiger charge is 2.24. The number of nitro benzene ring substituents is 1. The van der Waals surface area contributed by atoms with Gasteiger partial charge >= 0.3 is 0 Å². The molecule has 0 saturated carbocycles. The standard InChI is InChI=1S/C15H22ClN3O2/c1-11(2)18(9-12-5-4-8-17-12)10-13-14(16)6-3-7-15(13)19(20)21/h3,6-7,11-12,17H,4-5,8-10H2,1-2H3. The van der Waals surface area contributed by atoms with Crippen LogP contribution in [0.2, 0.25) is 5.02 Å². The Kier molecular flexibility index (Phi) is 5.56. The average Bonchev–Trinajstić information content (AvgIpc) is 2.92. The molecule has 1 N–H and O–H groups in total. The predicted molar refractivity (Wildman–Crippen MR) is 84.7 cm³/mol. The van der Waals surface area contributed by atoms with Gasteiger partial charge in [-0.25, -0.2) is 0 Å². The topological polar surface area (TPSA) is 58.4 Å². The first-order chi connectivity index (χ1) is 9.99. The summed E-state index contributed by atoms with van der Waals surface area (Å²) in [7, 11) is 0. The molecule has 1 aliphatic rings. The van der Waals surface area contributed by atoms with E-state index in [1.807, 2.05) is 0 Å². The van der Waals surface area contributed by atoms with E-state index in [1.54, 1.807) is 12.1 Å². The molecule has 2 rings (SSSR count). The molecule has 0 aromatic heterocycles. The van der Waals surface area contributed by atoms with Gasteiger partial charge in [0.15, 0.2) is 0 Å². The number of nitrogens with one attached hydrogen (secondary N) is 1. The maximum Gasteiger partial charge on any atom is 0.275 e. The molecule has 1 unspecified atom stereocenters. The van der Waals surface area contributed by atoms with E-state index in [4.69, 9.17) is 11.6 Å². The van der Waals surface area contributed by atoms with Crippen LogP contribution in [-0.2, 0) is 6.54 Å². The molecule has 1 fully saturated rings. The molecule has 5 nitrogen and oxygen atoms in total. The van der Waals surface area contributed by atoms with Gasteiger partial charge < -0.3 is 5.32 Å². The Bertz CT molecular complexity index is 502. The molecule has 1 heterocycles. The zero-order valence-electron chi connectivity index (χ0n) is 12.5. The summed E-state index contributed by atoms with van der Waals surface area (Å²) in [4.78, 5) is 13.1. The first-order valence-corrected chi connectivity index (χ1v) is 7.76. The van der Waals surface area contributed by atoms with Crippen LogP contribution in [-0.4, -0.2) is 35.0 Å². The van der Waals surface area contributed by atoms with Crippen LogP contribution in [0.15, 0.2) is 18.2 Å². The number of benzene rings is 1. The minimum absolute atomic E-state index is 0.104. The van der Waals surface area contributed by atoms with Crippen LogP contribution in [0.25, 0.3) is 0 Å². The first-order valence-electron chi connectivity index (χ1n) is 7.38. The number of nitro groups is 1. The molecule has 6 heteroatoms. The number of hydrogen-bond acceptors (Lipinski definition) is 4. The Hall–Kier alpha value is -1.17. The van der Waals surface area contributed by atoms with Crippen LogP contribution in [0.3, 0.4) is 0 Å². The monoisotopic (exact) mass is 311 g/mol. The number of rotatable bonds is 6. The summed E-state index contributed by atoms with van der Waals surface area (Å²) in [6, 6.07) is 5.64. The van der Waals surface area contributed by atoms with Crippen molar-refractivity contribution in [1.29, 1.82) is 0 Å². The van der Waals surface area contributed by atoms with E-state index < -0.39 is 0 Å². The lowest BCUT2D eigenvalue weighted by molar-refractivity contribution is -0.385. The van der Waals surface area contributed by atoms with Gasteiger partial charge in [-0.15, -0.1) is 0 Å². The number of hydrogen-bond donors (Lipinski definition) is 1. The Morgan fingerprint density at radius 1 is 1.52 bits per heavy atom. The lowest BCUT2D eigenvalue weighted by Crippen LogP contribution is -2.40. The molecule has 0 bridgehead atoms. The zero-order chi connectivity index (χ0) is 15.4. The number of nitrogens with zero attached hydrogens (tertiary/aromatic N) is 2. The first kappa shape index (κ1) is 16.2. The Morgan fingerprint density at radius 2 is 2.29 bits per heavy atom. The fourth-order valence-corrected chi connectivity index (χ4v) is 2.96. The van der Waals surface area contributed by atoms with E-state index in [1.165, 1.54) is 12.5 Å². The minimum Gasteiger partial charge on any atom is -0.313 e. The summed E-state index contributed by atoms with van der Waals surface area (Å²) in [6.45, 7) is 6.67. The van der Waals surface area contributed by atoms with Crippen molar-refractivity contribution in [3.63, 3.8) is 0 Å². The third-order valence-electron chi connectivity index (χ3n) is 4.00. The molecule has 0 amide bonds. The van der Waals surface area contributed by atoms with E-state index in [-0.39, 0.29) is 10.6 Å². The SMILES string of the molecule is CC(C)N(Cc1c(Cl)cccc1[N+](=O)[O-])CC1CCCN1. The van der Waals surface area contributed by atoms with Gasteiger partial charge in [0.05, 0.1) is 15.5 Å². The van der Waals surface area contributed by atoms with Gasteiger partial charge in [0.25, 0.3) is 5.69 Å². The van der Waals surface area contributed by atoms with Crippen molar-refractivity contribution in [1.82, 2.24) is 10.2 Å². The summed E-state index contributed by atoms with van der Waals surface area (Å²) in [5, 5.41) is 15.1. The molecule has 1 atom stereocenters. The molecule has 0 aliphatic carbocycles. The normalized spacial score (nSPS) is 18.6. The second-order valence-electron chi connectivity index (χ2n) is 5.81. The van der Waals surface area contributed by atoms with E-state index in [0.29, 0.717) is 29.2 Å². The van der Waals surface area contributed by atoms with Crippen molar-refractivity contribution < 1.29 is 4.92 Å². The van der Waals surface area contributed by atoms with Crippen LogP contribution in [0, 0.1) is 10.1 Å². The highest BCUT2D eigenvalue weighted by atomic mass is 35.5. The lowest BCUT2D eigenvalue weighted by atomic mass is 10.1. The maximum absolute atomic E-state index is 11.2. The van der Waals surface area contributed by atoms with E-state index in [0.717, 1.165) is 19.5 Å². The summed E-state index contributed by atoms with van der Waals surface area (Å²) in [5.74, 6) is 0. The lowest BCUT2D eigenvalue weighted by Gasteiger charge is -2.29. The molecule has 1 aromatic carbocycles. The summed E-state index contributed by atoms with van der Waals surface area (Å²) < 4.78 is 0. The maximum atomic E-state index is 11.2. The molecule has 1 saturated heterocycles. The van der Waals surface area contributed by atoms with Crippen molar-refractivity contribution in [2.45, 2.75) is 45.3 Å². The van der Waals surface area contributed by atoms with Crippen LogP contribution in [0.1, 0.15) is 32.3 Å². The van der Waals surface area contributed by atoms with Crippen molar-refractivity contribution >= 4 is 17.3 Å². The quantitative estimate of drug-likeness (QED) is 0.647. The van der Waals surface area contributed by atoms with E-state index in [9.17, 15) is 10.1 Å². The summed E-state index contributed by atoms with van der Waals surface area (Å²) >= 11 is 6.19. The van der Waals surface area contributed by atoms with Crippen molar-refractivity contribution in [2.24, 2.45) is 0 Å². The van der Waals surface area contributed by atoms with Crippen LogP contribution < -0.4 is 5.32 Å². The molecule has 1 aromatic rings. The predicted octanol–water partition coefficient (Wildman–Crippen LogP) is 3.21. The van der Waals surface area contributed by atoms with Gasteiger partial charge in [-0.3, -0.25) is 15.0 Å². The van der Waals surface area contributed by atoms with Gasteiger partial charge in [0.1, 0.15) is 0 Å². The van der Waals surface area contributed by atoms with Gasteiger partial charge in [-0.2, -0.15) is 0 Å². The van der Waals surface area contributed by atoms with Crippen LogP contribution >= 0.6 is 11.6 Å². The highest BCUT2D eigenvalue weighted by Crippen LogP contribution is 2.28. The molecule has 1 aliphatic heterocycles. The van der Waals surface area contributed by atoms with Gasteiger partial charge in [-0.05, 0) is 39.3 Å². The smallest absolute Gasteiger partial charge is 0.275 e. The van der Waals surface area contributed by atoms with Crippen LogP contribution in [0.5, 0.6) is 0 Å². The van der Waals surface area contributed by atoms with Gasteiger partial charge in [0, 0.05) is 31.2 Å². The summed E-state index contributed by atoms with van der Waals surface area (Å²) in [6.07, 6.45) is 2.36. The largest absolute Gasteiger partial charge is 0.313 e.